The number of nitrogens with zero attached hydrogens (tertiary/aromatic N) is 1. The van der Waals surface area contributed by atoms with Crippen molar-refractivity contribution in [3.8, 4) is 0 Å². The standard InChI is InChI=1S/C3H5NO2.3CH3.Sn/c5-3-4-1-2-6-3;;;;/h1-2H2,(H,4,5);3*1H3;/q;;;;+1/p-1. The molecule has 58 valence electrons. The molecule has 0 saturated carbocycles. The first-order valence-corrected chi connectivity index (χ1v) is 13.3. The molecule has 0 aromatic rings. The van der Waals surface area contributed by atoms with E-state index < -0.39 is 18.7 Å². The normalized spacial score (nSPS) is 19.5. The van der Waals surface area contributed by atoms with Crippen LogP contribution in [0.1, 0.15) is 0 Å². The van der Waals surface area contributed by atoms with Gasteiger partial charge < -0.3 is 0 Å². The summed E-state index contributed by atoms with van der Waals surface area (Å²) in [6.45, 7) is 1.41. The SMILES string of the molecule is [CH3][Sn]([CH3])([CH3])[N]1CCOC1=O. The van der Waals surface area contributed by atoms with Crippen LogP contribution in [0.3, 0.4) is 0 Å². The zero-order valence-electron chi connectivity index (χ0n) is 6.68. The van der Waals surface area contributed by atoms with Crippen molar-refractivity contribution < 1.29 is 9.53 Å². The van der Waals surface area contributed by atoms with Gasteiger partial charge in [0.15, 0.2) is 0 Å². The molecule has 0 unspecified atom stereocenters. The summed E-state index contributed by atoms with van der Waals surface area (Å²) in [6, 6.07) is 0. The van der Waals surface area contributed by atoms with Gasteiger partial charge in [0.2, 0.25) is 0 Å². The number of carbonyl (C=O) groups excluding carboxylic acids is 1. The summed E-state index contributed by atoms with van der Waals surface area (Å²) in [5.74, 6) is 0. The second-order valence-corrected chi connectivity index (χ2v) is 17.4. The zero-order chi connectivity index (χ0) is 7.78. The molecule has 3 nitrogen and oxygen atoms in total. The van der Waals surface area contributed by atoms with Crippen LogP contribution in [-0.2, 0) is 4.74 Å². The van der Waals surface area contributed by atoms with Crippen molar-refractivity contribution >= 4 is 24.7 Å². The van der Waals surface area contributed by atoms with Crippen molar-refractivity contribution in [2.24, 2.45) is 0 Å². The van der Waals surface area contributed by atoms with E-state index >= 15 is 0 Å². The van der Waals surface area contributed by atoms with Crippen LogP contribution in [0.25, 0.3) is 0 Å². The average Bonchev–Trinajstić information content (AvgIpc) is 2.11. The molecule has 1 aliphatic heterocycles. The van der Waals surface area contributed by atoms with Gasteiger partial charge in [0, 0.05) is 0 Å². The van der Waals surface area contributed by atoms with Crippen LogP contribution in [0.15, 0.2) is 0 Å². The molecule has 1 amide bonds. The number of hydrogen-bond acceptors (Lipinski definition) is 2. The van der Waals surface area contributed by atoms with Crippen LogP contribution in [0.5, 0.6) is 0 Å². The molecule has 1 rings (SSSR count). The third-order valence-electron chi connectivity index (χ3n) is 1.57. The maximum absolute atomic E-state index is 11.0. The summed E-state index contributed by atoms with van der Waals surface area (Å²) < 4.78 is 6.77. The fraction of sp³-hybridized carbons (Fsp3) is 0.833. The van der Waals surface area contributed by atoms with Gasteiger partial charge in [-0.05, 0) is 0 Å². The topological polar surface area (TPSA) is 29.5 Å². The first-order valence-electron chi connectivity index (χ1n) is 3.46. The summed E-state index contributed by atoms with van der Waals surface area (Å²) in [5, 5.41) is 0. The predicted molar refractivity (Wildman–Crippen MR) is 41.4 cm³/mol. The molecule has 4 heteroatoms. The Morgan fingerprint density at radius 2 is 2.10 bits per heavy atom. The fourth-order valence-electron chi connectivity index (χ4n) is 1.00. The number of carbonyl (C=O) groups is 1. The summed E-state index contributed by atoms with van der Waals surface area (Å²) >= 11 is -2.11. The summed E-state index contributed by atoms with van der Waals surface area (Å²) in [6.07, 6.45) is -0.0942. The van der Waals surface area contributed by atoms with Gasteiger partial charge in [-0.3, -0.25) is 0 Å². The number of cyclic esters (lactones) is 1. The first kappa shape index (κ1) is 8.17. The molecule has 0 aromatic carbocycles. The first-order chi connectivity index (χ1) is 4.52. The van der Waals surface area contributed by atoms with Crippen molar-refractivity contribution in [2.75, 3.05) is 13.2 Å². The van der Waals surface area contributed by atoms with E-state index in [1.165, 1.54) is 0 Å². The van der Waals surface area contributed by atoms with Gasteiger partial charge in [0.05, 0.1) is 0 Å². The van der Waals surface area contributed by atoms with E-state index in [2.05, 4.69) is 14.8 Å². The molecule has 0 bridgehead atoms. The Bertz CT molecular complexity index is 152. The van der Waals surface area contributed by atoms with Crippen LogP contribution >= 0.6 is 0 Å². The van der Waals surface area contributed by atoms with Gasteiger partial charge in [-0.1, -0.05) is 0 Å². The van der Waals surface area contributed by atoms with Crippen LogP contribution in [-0.4, -0.2) is 41.0 Å². The van der Waals surface area contributed by atoms with Crippen LogP contribution in [0.2, 0.25) is 14.8 Å². The number of ether oxygens (including phenoxy) is 1. The van der Waals surface area contributed by atoms with E-state index in [1.54, 1.807) is 0 Å². The molecule has 1 heterocycles. The van der Waals surface area contributed by atoms with Gasteiger partial charge >= 0.3 is 65.4 Å². The summed E-state index contributed by atoms with van der Waals surface area (Å²) in [4.78, 5) is 17.6. The molecular formula is C6H13NO2Sn. The quantitative estimate of drug-likeness (QED) is 0.656. The van der Waals surface area contributed by atoms with Crippen LogP contribution < -0.4 is 0 Å². The Hall–Kier alpha value is 0.0687. The second kappa shape index (κ2) is 2.60. The number of amides is 1. The maximum atomic E-state index is 11.0. The third-order valence-corrected chi connectivity index (χ3v) is 7.35. The molecule has 1 saturated heterocycles. The Morgan fingerprint density at radius 3 is 2.30 bits per heavy atom. The van der Waals surface area contributed by atoms with E-state index in [0.29, 0.717) is 6.61 Å². The Kier molecular flexibility index (Phi) is 2.12. The van der Waals surface area contributed by atoms with Crippen molar-refractivity contribution in [1.82, 2.24) is 3.12 Å². The van der Waals surface area contributed by atoms with Crippen LogP contribution in [0, 0.1) is 0 Å². The van der Waals surface area contributed by atoms with E-state index in [1.807, 2.05) is 3.12 Å². The molecular weight excluding hydrogens is 237 g/mol. The fourth-order valence-corrected chi connectivity index (χ4v) is 4.93. The van der Waals surface area contributed by atoms with Crippen molar-refractivity contribution in [1.29, 1.82) is 0 Å². The van der Waals surface area contributed by atoms with Gasteiger partial charge in [0.25, 0.3) is 0 Å². The minimum atomic E-state index is -2.11. The van der Waals surface area contributed by atoms with Gasteiger partial charge in [-0.2, -0.15) is 0 Å². The van der Waals surface area contributed by atoms with Crippen molar-refractivity contribution in [3.63, 3.8) is 0 Å². The van der Waals surface area contributed by atoms with Crippen LogP contribution in [0.4, 0.5) is 4.79 Å². The monoisotopic (exact) mass is 251 g/mol. The van der Waals surface area contributed by atoms with Gasteiger partial charge in [0.1, 0.15) is 0 Å². The van der Waals surface area contributed by atoms with Crippen molar-refractivity contribution in [2.45, 2.75) is 14.8 Å². The second-order valence-electron chi connectivity index (χ2n) is 3.44. The Morgan fingerprint density at radius 1 is 1.50 bits per heavy atom. The van der Waals surface area contributed by atoms with E-state index in [0.717, 1.165) is 6.54 Å². The molecule has 10 heavy (non-hydrogen) atoms. The van der Waals surface area contributed by atoms with Gasteiger partial charge in [-0.25, -0.2) is 0 Å². The predicted octanol–water partition coefficient (Wildman–Crippen LogP) is 1.27. The molecule has 0 N–H and O–H groups in total. The van der Waals surface area contributed by atoms with E-state index in [-0.39, 0.29) is 6.09 Å². The third kappa shape index (κ3) is 1.56. The van der Waals surface area contributed by atoms with E-state index in [4.69, 9.17) is 4.74 Å². The Balaban J connectivity index is 2.64. The Labute approximate surface area is 65.6 Å². The molecule has 1 fully saturated rings. The van der Waals surface area contributed by atoms with Crippen molar-refractivity contribution in [3.05, 3.63) is 0 Å². The average molecular weight is 250 g/mol. The molecule has 0 spiro atoms. The molecule has 0 radical (unpaired) electrons. The number of rotatable bonds is 1. The summed E-state index contributed by atoms with van der Waals surface area (Å²) in [5.41, 5.74) is 0. The molecule has 0 aromatic heterocycles. The van der Waals surface area contributed by atoms with E-state index in [9.17, 15) is 4.79 Å². The molecule has 1 aliphatic rings. The zero-order valence-corrected chi connectivity index (χ0v) is 9.53. The molecule has 0 aliphatic carbocycles. The number of hydrogen-bond donors (Lipinski definition) is 0. The molecule has 0 atom stereocenters. The summed E-state index contributed by atoms with van der Waals surface area (Å²) in [7, 11) is 0. The van der Waals surface area contributed by atoms with Gasteiger partial charge in [-0.15, -0.1) is 0 Å². The minimum absolute atomic E-state index is 0.0942.